The predicted molar refractivity (Wildman–Crippen MR) is 49.9 cm³/mol. The van der Waals surface area contributed by atoms with E-state index in [-0.39, 0.29) is 21.7 Å². The molecule has 0 bridgehead atoms. The molecule has 4 nitrogen and oxygen atoms in total. The second-order valence-corrected chi connectivity index (χ2v) is 4.77. The van der Waals surface area contributed by atoms with Crippen molar-refractivity contribution in [2.24, 2.45) is 11.7 Å². The van der Waals surface area contributed by atoms with Crippen molar-refractivity contribution in [1.29, 1.82) is 0 Å². The van der Waals surface area contributed by atoms with Gasteiger partial charge in [-0.2, -0.15) is 0 Å². The summed E-state index contributed by atoms with van der Waals surface area (Å²) >= 11 is 3.40. The van der Waals surface area contributed by atoms with E-state index in [0.717, 1.165) is 6.42 Å². The zero-order valence-corrected chi connectivity index (χ0v) is 8.53. The molecule has 2 N–H and O–H groups in total. The molecule has 0 heterocycles. The van der Waals surface area contributed by atoms with Crippen LogP contribution in [0.15, 0.2) is 0 Å². The Kier molecular flexibility index (Phi) is 3.06. The number of nitrogens with two attached hydrogens (primary N) is 1. The van der Waals surface area contributed by atoms with Crippen molar-refractivity contribution in [1.82, 2.24) is 0 Å². The Bertz CT molecular complexity index is 188. The van der Waals surface area contributed by atoms with Crippen LogP contribution in [0.25, 0.3) is 0 Å². The zero-order chi connectivity index (χ0) is 9.30. The van der Waals surface area contributed by atoms with Crippen LogP contribution in [-0.2, 0) is 0 Å². The number of hydrogen-bond donors (Lipinski definition) is 1. The maximum atomic E-state index is 10.6. The van der Waals surface area contributed by atoms with E-state index in [4.69, 9.17) is 5.73 Å². The van der Waals surface area contributed by atoms with Crippen molar-refractivity contribution in [3.8, 4) is 0 Å². The Morgan fingerprint density at radius 2 is 2.17 bits per heavy atom. The number of alkyl halides is 1. The van der Waals surface area contributed by atoms with Gasteiger partial charge >= 0.3 is 0 Å². The molecule has 1 aliphatic carbocycles. The number of rotatable bonds is 1. The van der Waals surface area contributed by atoms with Gasteiger partial charge in [0.25, 0.3) is 0 Å². The SMILES string of the molecule is CC1CC(Br)CC([N+](=O)[O-])C1N. The van der Waals surface area contributed by atoms with Crippen molar-refractivity contribution in [2.45, 2.75) is 36.7 Å². The molecule has 5 heteroatoms. The van der Waals surface area contributed by atoms with Gasteiger partial charge in [0, 0.05) is 16.2 Å². The van der Waals surface area contributed by atoms with Crippen LogP contribution in [-0.4, -0.2) is 21.8 Å². The topological polar surface area (TPSA) is 69.2 Å². The van der Waals surface area contributed by atoms with Crippen molar-refractivity contribution >= 4 is 15.9 Å². The number of hydrogen-bond acceptors (Lipinski definition) is 3. The van der Waals surface area contributed by atoms with Crippen molar-refractivity contribution in [2.75, 3.05) is 0 Å². The highest BCUT2D eigenvalue weighted by molar-refractivity contribution is 9.09. The van der Waals surface area contributed by atoms with Crippen LogP contribution >= 0.6 is 15.9 Å². The van der Waals surface area contributed by atoms with Gasteiger partial charge in [0.1, 0.15) is 0 Å². The lowest BCUT2D eigenvalue weighted by Gasteiger charge is -2.31. The largest absolute Gasteiger partial charge is 0.322 e. The Labute approximate surface area is 79.8 Å². The number of halogens is 1. The molecule has 70 valence electrons. The summed E-state index contributed by atoms with van der Waals surface area (Å²) in [6, 6.07) is -0.855. The molecule has 4 unspecified atom stereocenters. The lowest BCUT2D eigenvalue weighted by atomic mass is 9.83. The summed E-state index contributed by atoms with van der Waals surface area (Å²) in [5.74, 6) is 0.235. The first-order valence-corrected chi connectivity index (χ1v) is 4.97. The van der Waals surface area contributed by atoms with E-state index >= 15 is 0 Å². The fourth-order valence-corrected chi connectivity index (χ4v) is 2.65. The maximum Gasteiger partial charge on any atom is 0.229 e. The van der Waals surface area contributed by atoms with E-state index in [0.29, 0.717) is 6.42 Å². The molecule has 1 saturated carbocycles. The Morgan fingerprint density at radius 3 is 2.67 bits per heavy atom. The lowest BCUT2D eigenvalue weighted by Crippen LogP contribution is -2.50. The van der Waals surface area contributed by atoms with E-state index in [1.807, 2.05) is 6.92 Å². The molecule has 0 radical (unpaired) electrons. The molecule has 0 amide bonds. The minimum absolute atomic E-state index is 0.235. The highest BCUT2D eigenvalue weighted by Gasteiger charge is 2.39. The summed E-state index contributed by atoms with van der Waals surface area (Å²) in [6.07, 6.45) is 1.49. The van der Waals surface area contributed by atoms with Gasteiger partial charge in [-0.25, -0.2) is 0 Å². The molecule has 4 atom stereocenters. The average molecular weight is 237 g/mol. The monoisotopic (exact) mass is 236 g/mol. The van der Waals surface area contributed by atoms with Gasteiger partial charge in [0.05, 0.1) is 6.04 Å². The molecule has 12 heavy (non-hydrogen) atoms. The van der Waals surface area contributed by atoms with Gasteiger partial charge in [-0.3, -0.25) is 10.1 Å². The smallest absolute Gasteiger partial charge is 0.229 e. The summed E-state index contributed by atoms with van der Waals surface area (Å²) in [5.41, 5.74) is 5.72. The minimum Gasteiger partial charge on any atom is -0.322 e. The molecule has 0 aromatic carbocycles. The van der Waals surface area contributed by atoms with E-state index in [1.165, 1.54) is 0 Å². The quantitative estimate of drug-likeness (QED) is 0.422. The van der Waals surface area contributed by atoms with Gasteiger partial charge in [0.15, 0.2) is 0 Å². The molecule has 0 aromatic heterocycles. The average Bonchev–Trinajstić information content (AvgIpc) is 1.96. The summed E-state index contributed by atoms with van der Waals surface area (Å²) in [6.45, 7) is 1.97. The fourth-order valence-electron chi connectivity index (χ4n) is 1.68. The molecule has 1 aliphatic rings. The third-order valence-corrected chi connectivity index (χ3v) is 3.24. The molecule has 0 aliphatic heterocycles. The normalized spacial score (nSPS) is 42.6. The molecule has 0 saturated heterocycles. The third-order valence-electron chi connectivity index (χ3n) is 2.50. The lowest BCUT2D eigenvalue weighted by molar-refractivity contribution is -0.530. The Balaban J connectivity index is 2.66. The summed E-state index contributed by atoms with van der Waals surface area (Å²) in [5, 5.41) is 10.6. The Morgan fingerprint density at radius 1 is 1.58 bits per heavy atom. The van der Waals surface area contributed by atoms with Crippen LogP contribution in [0.5, 0.6) is 0 Å². The van der Waals surface area contributed by atoms with Crippen molar-refractivity contribution in [3.05, 3.63) is 10.1 Å². The fraction of sp³-hybridized carbons (Fsp3) is 1.00. The van der Waals surface area contributed by atoms with Crippen molar-refractivity contribution in [3.63, 3.8) is 0 Å². The molecule has 1 rings (SSSR count). The van der Waals surface area contributed by atoms with Gasteiger partial charge < -0.3 is 5.73 Å². The summed E-state index contributed by atoms with van der Waals surface area (Å²) < 4.78 is 0. The van der Waals surface area contributed by atoms with Gasteiger partial charge in [0.2, 0.25) is 6.04 Å². The van der Waals surface area contributed by atoms with Gasteiger partial charge in [-0.1, -0.05) is 22.9 Å². The minimum atomic E-state index is -0.571. The number of nitro groups is 1. The third kappa shape index (κ3) is 1.95. The second kappa shape index (κ2) is 3.70. The standard InChI is InChI=1S/C7H13BrN2O2/c1-4-2-5(8)3-6(7(4)9)10(11)12/h4-7H,2-3,9H2,1H3. The summed E-state index contributed by atoms with van der Waals surface area (Å²) in [7, 11) is 0. The second-order valence-electron chi connectivity index (χ2n) is 3.48. The van der Waals surface area contributed by atoms with Crippen LogP contribution < -0.4 is 5.73 Å². The highest BCUT2D eigenvalue weighted by atomic mass is 79.9. The highest BCUT2D eigenvalue weighted by Crippen LogP contribution is 2.29. The van der Waals surface area contributed by atoms with Crippen LogP contribution in [0.3, 0.4) is 0 Å². The van der Waals surface area contributed by atoms with Crippen LogP contribution in [0.4, 0.5) is 0 Å². The first-order valence-electron chi connectivity index (χ1n) is 4.05. The van der Waals surface area contributed by atoms with Crippen LogP contribution in [0.1, 0.15) is 19.8 Å². The molecule has 1 fully saturated rings. The molecular formula is C7H13BrN2O2. The zero-order valence-electron chi connectivity index (χ0n) is 6.94. The van der Waals surface area contributed by atoms with Crippen LogP contribution in [0.2, 0.25) is 0 Å². The number of nitrogens with zero attached hydrogens (tertiary/aromatic N) is 1. The van der Waals surface area contributed by atoms with E-state index in [2.05, 4.69) is 15.9 Å². The van der Waals surface area contributed by atoms with Gasteiger partial charge in [-0.15, -0.1) is 0 Å². The van der Waals surface area contributed by atoms with E-state index < -0.39 is 6.04 Å². The maximum absolute atomic E-state index is 10.6. The van der Waals surface area contributed by atoms with Crippen LogP contribution in [0, 0.1) is 16.0 Å². The molecule has 0 aromatic rings. The van der Waals surface area contributed by atoms with Crippen molar-refractivity contribution < 1.29 is 4.92 Å². The Hall–Kier alpha value is -0.160. The first-order chi connectivity index (χ1) is 5.52. The molecular weight excluding hydrogens is 224 g/mol. The van der Waals surface area contributed by atoms with Gasteiger partial charge in [-0.05, 0) is 12.3 Å². The summed E-state index contributed by atoms with van der Waals surface area (Å²) in [4.78, 5) is 10.6. The van der Waals surface area contributed by atoms with E-state index in [9.17, 15) is 10.1 Å². The first kappa shape index (κ1) is 9.92. The van der Waals surface area contributed by atoms with E-state index in [1.54, 1.807) is 0 Å². The predicted octanol–water partition coefficient (Wildman–Crippen LogP) is 1.15. The molecule has 0 spiro atoms.